The van der Waals surface area contributed by atoms with Crippen molar-refractivity contribution in [3.8, 4) is 10.4 Å². The maximum absolute atomic E-state index is 12.6. The first-order valence-corrected chi connectivity index (χ1v) is 11.0. The van der Waals surface area contributed by atoms with Crippen LogP contribution in [0, 0.1) is 0 Å². The molecule has 0 amide bonds. The minimum absolute atomic E-state index is 0.611. The number of anilines is 1. The summed E-state index contributed by atoms with van der Waals surface area (Å²) in [5.74, 6) is 0. The molecule has 2 aromatic carbocycles. The zero-order chi connectivity index (χ0) is 23.0. The fraction of sp³-hybridized carbons (Fsp3) is 0.200. The highest BCUT2D eigenvalue weighted by atomic mass is 32.1. The van der Waals surface area contributed by atoms with Crippen molar-refractivity contribution in [1.82, 2.24) is 9.97 Å². The predicted octanol–water partition coefficient (Wildman–Crippen LogP) is 7.61. The smallest absolute Gasteiger partial charge is 0.361 e. The second kappa shape index (κ2) is 10.9. The van der Waals surface area contributed by atoms with Gasteiger partial charge in [0.05, 0.1) is 10.4 Å². The van der Waals surface area contributed by atoms with Gasteiger partial charge in [-0.25, -0.2) is 4.98 Å². The number of fused-ring (bicyclic) bond motifs is 1. The van der Waals surface area contributed by atoms with Crippen LogP contribution in [0.4, 0.5) is 18.3 Å². The molecule has 3 nitrogen and oxygen atoms in total. The summed E-state index contributed by atoms with van der Waals surface area (Å²) >= 11 is 1.58. The van der Waals surface area contributed by atoms with Crippen LogP contribution < -0.4 is 5.32 Å². The number of aromatic nitrogens is 2. The van der Waals surface area contributed by atoms with Crippen LogP contribution in [-0.4, -0.2) is 16.5 Å². The van der Waals surface area contributed by atoms with Gasteiger partial charge < -0.3 is 5.32 Å². The third-order valence-corrected chi connectivity index (χ3v) is 5.63. The average molecular weight is 456 g/mol. The van der Waals surface area contributed by atoms with E-state index >= 15 is 0 Å². The highest BCUT2D eigenvalue weighted by Gasteiger charge is 2.29. The summed E-state index contributed by atoms with van der Waals surface area (Å²) in [6.07, 6.45) is 4.46. The van der Waals surface area contributed by atoms with Crippen molar-refractivity contribution < 1.29 is 13.2 Å². The molecule has 0 aliphatic rings. The lowest BCUT2D eigenvalue weighted by Gasteiger charge is -2.07. The summed E-state index contributed by atoms with van der Waals surface area (Å²) in [5.41, 5.74) is 1.39. The number of benzene rings is 2. The summed E-state index contributed by atoms with van der Waals surface area (Å²) in [4.78, 5) is 9.63. The molecule has 0 saturated heterocycles. The molecule has 0 aliphatic carbocycles. The fourth-order valence-electron chi connectivity index (χ4n) is 3.07. The minimum atomic E-state index is -4.29. The second-order valence-electron chi connectivity index (χ2n) is 7.10. The van der Waals surface area contributed by atoms with Crippen LogP contribution in [0.2, 0.25) is 0 Å². The van der Waals surface area contributed by atoms with E-state index in [-0.39, 0.29) is 0 Å². The maximum Gasteiger partial charge on any atom is 0.416 e. The molecule has 1 N–H and O–H groups in total. The van der Waals surface area contributed by atoms with Gasteiger partial charge in [0.1, 0.15) is 0 Å². The molecule has 4 aromatic rings. The topological polar surface area (TPSA) is 37.8 Å². The van der Waals surface area contributed by atoms with Gasteiger partial charge in [-0.3, -0.25) is 4.98 Å². The summed E-state index contributed by atoms with van der Waals surface area (Å²) in [7, 11) is 0. The van der Waals surface area contributed by atoms with Crippen molar-refractivity contribution >= 4 is 27.2 Å². The second-order valence-corrected chi connectivity index (χ2v) is 8.13. The Bertz CT molecular complexity index is 1150. The first-order chi connectivity index (χ1) is 15.4. The molecule has 0 radical (unpaired) electrons. The Morgan fingerprint density at radius 1 is 1.03 bits per heavy atom. The van der Waals surface area contributed by atoms with Crippen LogP contribution in [0.25, 0.3) is 21.2 Å². The van der Waals surface area contributed by atoms with Crippen molar-refractivity contribution in [1.29, 1.82) is 0 Å². The lowest BCUT2D eigenvalue weighted by atomic mass is 10.1. The van der Waals surface area contributed by atoms with Crippen LogP contribution in [0.5, 0.6) is 0 Å². The van der Waals surface area contributed by atoms with Gasteiger partial charge in [0, 0.05) is 30.5 Å². The van der Waals surface area contributed by atoms with Crippen molar-refractivity contribution in [2.75, 3.05) is 11.9 Å². The molecule has 0 spiro atoms. The lowest BCUT2D eigenvalue weighted by Crippen LogP contribution is -2.05. The third kappa shape index (κ3) is 6.40. The van der Waals surface area contributed by atoms with Crippen LogP contribution >= 0.6 is 11.3 Å². The normalized spacial score (nSPS) is 11.0. The number of halogens is 3. The van der Waals surface area contributed by atoms with Crippen molar-refractivity contribution in [3.05, 3.63) is 90.9 Å². The molecule has 0 bridgehead atoms. The van der Waals surface area contributed by atoms with Crippen molar-refractivity contribution in [2.24, 2.45) is 0 Å². The van der Waals surface area contributed by atoms with E-state index < -0.39 is 11.7 Å². The van der Waals surface area contributed by atoms with Crippen molar-refractivity contribution in [3.63, 3.8) is 0 Å². The zero-order valence-corrected chi connectivity index (χ0v) is 18.5. The van der Waals surface area contributed by atoms with E-state index in [2.05, 4.69) is 40.1 Å². The van der Waals surface area contributed by atoms with Gasteiger partial charge >= 0.3 is 6.18 Å². The number of hydrogen-bond acceptors (Lipinski definition) is 4. The molecule has 2 heterocycles. The summed E-state index contributed by atoms with van der Waals surface area (Å²) in [6.45, 7) is 5.96. The molecule has 0 saturated carbocycles. The number of thiazole rings is 1. The van der Waals surface area contributed by atoms with E-state index in [9.17, 15) is 13.2 Å². The third-order valence-electron chi connectivity index (χ3n) is 4.63. The Kier molecular flexibility index (Phi) is 8.00. The Hall–Kier alpha value is -3.19. The highest BCUT2D eigenvalue weighted by molar-refractivity contribution is 7.18. The van der Waals surface area contributed by atoms with Gasteiger partial charge in [-0.2, -0.15) is 13.2 Å². The molecule has 32 heavy (non-hydrogen) atoms. The first kappa shape index (κ1) is 23.5. The van der Waals surface area contributed by atoms with E-state index in [1.54, 1.807) is 35.7 Å². The molecule has 7 heteroatoms. The molecular formula is C25H24F3N3S. The molecule has 0 unspecified atom stereocenters. The number of hydrogen-bond donors (Lipinski definition) is 1. The van der Waals surface area contributed by atoms with Crippen molar-refractivity contribution in [2.45, 2.75) is 25.9 Å². The molecule has 166 valence electrons. The molecule has 2 aromatic heterocycles. The molecule has 0 atom stereocenters. The molecular weight excluding hydrogens is 431 g/mol. The van der Waals surface area contributed by atoms with E-state index in [4.69, 9.17) is 0 Å². The number of pyridine rings is 1. The van der Waals surface area contributed by atoms with Crippen LogP contribution in [0.15, 0.2) is 79.8 Å². The zero-order valence-electron chi connectivity index (χ0n) is 17.7. The summed E-state index contributed by atoms with van der Waals surface area (Å²) < 4.78 is 37.8. The van der Waals surface area contributed by atoms with Crippen LogP contribution in [0.3, 0.4) is 0 Å². The van der Waals surface area contributed by atoms with E-state index in [0.717, 1.165) is 50.5 Å². The number of allylic oxidation sites excluding steroid dienone is 1. The maximum atomic E-state index is 12.6. The van der Waals surface area contributed by atoms with Gasteiger partial charge in [0.15, 0.2) is 5.13 Å². The first-order valence-electron chi connectivity index (χ1n) is 10.2. The minimum Gasteiger partial charge on any atom is -0.361 e. The largest absolute Gasteiger partial charge is 0.416 e. The van der Waals surface area contributed by atoms with Crippen LogP contribution in [0.1, 0.15) is 24.5 Å². The monoisotopic (exact) mass is 455 g/mol. The number of rotatable bonds is 6. The lowest BCUT2D eigenvalue weighted by molar-refractivity contribution is -0.137. The van der Waals surface area contributed by atoms with Gasteiger partial charge in [-0.15, -0.1) is 6.58 Å². The van der Waals surface area contributed by atoms with Gasteiger partial charge in [-0.1, -0.05) is 41.7 Å². The number of nitrogens with one attached hydrogen (secondary N) is 1. The average Bonchev–Trinajstić information content (AvgIpc) is 3.26. The van der Waals surface area contributed by atoms with E-state index in [1.165, 1.54) is 0 Å². The molecule has 4 rings (SSSR count). The SMILES string of the molecule is C=CC.FC(F)(F)c1ccc(CCCNc2ncc(-c3ccc4cnccc4c3)s2)cc1. The van der Waals surface area contributed by atoms with E-state index in [0.29, 0.717) is 13.0 Å². The van der Waals surface area contributed by atoms with E-state index in [1.807, 2.05) is 25.4 Å². The summed E-state index contributed by atoms with van der Waals surface area (Å²) in [5, 5.41) is 6.37. The number of alkyl halides is 3. The van der Waals surface area contributed by atoms with Gasteiger partial charge in [0.2, 0.25) is 0 Å². The predicted molar refractivity (Wildman–Crippen MR) is 127 cm³/mol. The van der Waals surface area contributed by atoms with Gasteiger partial charge in [-0.05, 0) is 60.5 Å². The Balaban J connectivity index is 0.000000913. The van der Waals surface area contributed by atoms with Crippen LogP contribution in [-0.2, 0) is 12.6 Å². The van der Waals surface area contributed by atoms with Gasteiger partial charge in [0.25, 0.3) is 0 Å². The summed E-state index contributed by atoms with van der Waals surface area (Å²) in [6, 6.07) is 13.6. The Morgan fingerprint density at radius 3 is 2.50 bits per heavy atom. The standard InChI is InChI=1S/C22H18F3N3S.C3H6/c23-22(24,25)19-7-3-15(4-8-19)2-1-10-27-21-28-14-20(29-21)17-5-6-18-13-26-11-9-16(18)12-17;1-3-2/h3-9,11-14H,1-2,10H2,(H,27,28);3H,1H2,2H3. The Labute approximate surface area is 189 Å². The molecule has 0 fully saturated rings. The number of aryl methyl sites for hydroxylation is 1. The Morgan fingerprint density at radius 2 is 1.78 bits per heavy atom. The molecule has 0 aliphatic heterocycles. The highest BCUT2D eigenvalue weighted by Crippen LogP contribution is 2.31. The quantitative estimate of drug-likeness (QED) is 0.240. The number of nitrogens with zero attached hydrogens (tertiary/aromatic N) is 2. The fourth-order valence-corrected chi connectivity index (χ4v) is 3.91.